The van der Waals surface area contributed by atoms with Crippen LogP contribution in [-0.2, 0) is 54.4 Å². The number of thiol groups is 1. The molecule has 394 valence electrons. The lowest BCUT2D eigenvalue weighted by Gasteiger charge is -2.32. The summed E-state index contributed by atoms with van der Waals surface area (Å²) in [7, 11) is 0. The fraction of sp³-hybridized carbons (Fsp3) is 0.462. The zero-order valence-corrected chi connectivity index (χ0v) is 41.9. The van der Waals surface area contributed by atoms with Gasteiger partial charge in [0.05, 0.1) is 6.42 Å². The number of carbonyl (C=O) groups is 10. The highest BCUT2D eigenvalue weighted by atomic mass is 32.1. The van der Waals surface area contributed by atoms with Crippen molar-refractivity contribution in [1.29, 1.82) is 0 Å². The zero-order valence-electron chi connectivity index (χ0n) is 41.0. The van der Waals surface area contributed by atoms with E-state index in [1.807, 2.05) is 31.2 Å². The first kappa shape index (κ1) is 58.3. The van der Waals surface area contributed by atoms with Crippen LogP contribution in [0.4, 0.5) is 0 Å². The van der Waals surface area contributed by atoms with Crippen LogP contribution in [0.3, 0.4) is 0 Å². The van der Waals surface area contributed by atoms with Crippen LogP contribution >= 0.6 is 12.6 Å². The van der Waals surface area contributed by atoms with Crippen LogP contribution in [0.25, 0.3) is 0 Å². The Morgan fingerprint density at radius 1 is 0.548 bits per heavy atom. The summed E-state index contributed by atoms with van der Waals surface area (Å²) in [6.45, 7) is 3.28. The number of carbonyl (C=O) groups excluding carboxylic acids is 7. The van der Waals surface area contributed by atoms with Gasteiger partial charge in [0.2, 0.25) is 41.4 Å². The first-order chi connectivity index (χ1) is 34.8. The molecule has 21 heteroatoms. The van der Waals surface area contributed by atoms with Crippen LogP contribution in [-0.4, -0.2) is 123 Å². The monoisotopic (exact) mass is 1030 g/mol. The van der Waals surface area contributed by atoms with Crippen molar-refractivity contribution in [2.45, 2.75) is 133 Å². The molecule has 1 saturated carbocycles. The van der Waals surface area contributed by atoms with E-state index in [0.717, 1.165) is 50.2 Å². The molecule has 6 atom stereocenters. The van der Waals surface area contributed by atoms with Crippen molar-refractivity contribution in [3.05, 3.63) is 107 Å². The number of hydrogen-bond donors (Lipinski definition) is 11. The molecule has 10 N–H and O–H groups in total. The molecule has 0 aromatic heterocycles. The molecule has 1 fully saturated rings. The Hall–Kier alpha value is -7.29. The maximum Gasteiger partial charge on any atom is 0.305 e. The number of aliphatic carboxylic acids is 3. The molecule has 1 aliphatic carbocycles. The molecular formula is C52H67N7O13S. The summed E-state index contributed by atoms with van der Waals surface area (Å²) in [6, 6.07) is 15.6. The second kappa shape index (κ2) is 29.9. The van der Waals surface area contributed by atoms with Crippen LogP contribution in [0.1, 0.15) is 106 Å². The molecule has 4 rings (SSSR count). The minimum Gasteiger partial charge on any atom is -0.481 e. The third-order valence-corrected chi connectivity index (χ3v) is 12.8. The zero-order chi connectivity index (χ0) is 53.5. The molecule has 73 heavy (non-hydrogen) atoms. The molecule has 0 heterocycles. The Bertz CT molecular complexity index is 2310. The molecule has 0 unspecified atom stereocenters. The van der Waals surface area contributed by atoms with Crippen molar-refractivity contribution in [2.24, 2.45) is 5.92 Å². The molecule has 20 nitrogen and oxygen atoms in total. The van der Waals surface area contributed by atoms with Gasteiger partial charge in [0.15, 0.2) is 0 Å². The predicted octanol–water partition coefficient (Wildman–Crippen LogP) is 2.52. The third-order valence-electron chi connectivity index (χ3n) is 12.4. The molecule has 3 aromatic rings. The van der Waals surface area contributed by atoms with Gasteiger partial charge in [0, 0.05) is 38.0 Å². The summed E-state index contributed by atoms with van der Waals surface area (Å²) in [4.78, 5) is 132. The van der Waals surface area contributed by atoms with Crippen LogP contribution in [0.2, 0.25) is 0 Å². The van der Waals surface area contributed by atoms with Gasteiger partial charge in [-0.15, -0.1) is 0 Å². The molecule has 0 spiro atoms. The van der Waals surface area contributed by atoms with E-state index < -0.39 is 134 Å². The van der Waals surface area contributed by atoms with Crippen LogP contribution in [0.5, 0.6) is 0 Å². The van der Waals surface area contributed by atoms with E-state index in [4.69, 9.17) is 0 Å². The second-order valence-corrected chi connectivity index (χ2v) is 18.6. The molecule has 0 radical (unpaired) electrons. The van der Waals surface area contributed by atoms with Gasteiger partial charge in [-0.2, -0.15) is 12.6 Å². The lowest BCUT2D eigenvalue weighted by Crippen LogP contribution is -2.61. The number of rotatable bonds is 29. The molecule has 1 aliphatic rings. The molecule has 0 bridgehead atoms. The number of carboxylic acids is 3. The number of nitrogens with one attached hydrogen (secondary N) is 7. The van der Waals surface area contributed by atoms with Crippen molar-refractivity contribution in [2.75, 3.05) is 12.3 Å². The molecular weight excluding hydrogens is 963 g/mol. The summed E-state index contributed by atoms with van der Waals surface area (Å²) in [5.74, 6) is -11.5. The molecule has 0 aliphatic heterocycles. The fourth-order valence-corrected chi connectivity index (χ4v) is 8.88. The van der Waals surface area contributed by atoms with Gasteiger partial charge in [-0.05, 0) is 55.2 Å². The van der Waals surface area contributed by atoms with E-state index in [0.29, 0.717) is 17.5 Å². The number of benzene rings is 3. The predicted molar refractivity (Wildman–Crippen MR) is 271 cm³/mol. The lowest BCUT2D eigenvalue weighted by molar-refractivity contribution is -0.141. The lowest BCUT2D eigenvalue weighted by atomic mass is 9.84. The molecule has 3 aromatic carbocycles. The minimum atomic E-state index is -1.72. The molecule has 0 saturated heterocycles. The normalized spacial score (nSPS) is 14.9. The van der Waals surface area contributed by atoms with Crippen molar-refractivity contribution in [1.82, 2.24) is 37.2 Å². The van der Waals surface area contributed by atoms with Gasteiger partial charge in [-0.1, -0.05) is 123 Å². The standard InChI is InChI=1S/C52H67N7O13S/c1-31-18-20-33(21-19-31)26-27-53-47(67)41(30-73)58-50(70)39(28-34-12-6-3-7-13-34)57-48(68)37(22-24-42(61)62)56-52(72)46(45(35-14-8-4-9-15-35)36-16-10-5-11-17-36)59-49(69)38(23-25-43(63)64)55-51(71)40(29-44(65)66)54-32(2)60/h4-5,8-11,14-21,34,37-41,45-46,73H,3,6-7,12-13,22-30H2,1-2H3,(H,53,67)(H,54,60)(H,55,71)(H,56,72)(H,57,68)(H,58,70)(H,59,69)(H,61,62)(H,63,64)(H,65,66)/t37-,38-,39-,40-,41-,46-/m0/s1. The Kier molecular flexibility index (Phi) is 23.9. The number of carboxylic acid groups (broad SMARTS) is 3. The maximum atomic E-state index is 15.0. The minimum absolute atomic E-state index is 0.000966. The summed E-state index contributed by atoms with van der Waals surface area (Å²) in [5.41, 5.74) is 3.03. The van der Waals surface area contributed by atoms with Gasteiger partial charge < -0.3 is 52.5 Å². The quantitative estimate of drug-likeness (QED) is 0.0446. The fourth-order valence-electron chi connectivity index (χ4n) is 8.62. The summed E-state index contributed by atoms with van der Waals surface area (Å²) in [5, 5.41) is 46.9. The maximum absolute atomic E-state index is 15.0. The van der Waals surface area contributed by atoms with E-state index in [2.05, 4.69) is 49.8 Å². The number of amides is 7. The summed E-state index contributed by atoms with van der Waals surface area (Å²) >= 11 is 4.33. The second-order valence-electron chi connectivity index (χ2n) is 18.2. The summed E-state index contributed by atoms with van der Waals surface area (Å²) < 4.78 is 0. The van der Waals surface area contributed by atoms with Gasteiger partial charge in [0.25, 0.3) is 0 Å². The topological polar surface area (TPSA) is 316 Å². The van der Waals surface area contributed by atoms with Crippen LogP contribution in [0.15, 0.2) is 84.9 Å². The van der Waals surface area contributed by atoms with E-state index in [1.54, 1.807) is 60.7 Å². The Balaban J connectivity index is 1.69. The van der Waals surface area contributed by atoms with Crippen LogP contribution in [0, 0.1) is 12.8 Å². The van der Waals surface area contributed by atoms with Gasteiger partial charge in [-0.25, -0.2) is 0 Å². The van der Waals surface area contributed by atoms with E-state index in [1.165, 1.54) is 0 Å². The number of hydrogen-bond acceptors (Lipinski definition) is 11. The van der Waals surface area contributed by atoms with Gasteiger partial charge >= 0.3 is 17.9 Å². The van der Waals surface area contributed by atoms with E-state index in [-0.39, 0.29) is 24.6 Å². The highest BCUT2D eigenvalue weighted by Crippen LogP contribution is 2.30. The van der Waals surface area contributed by atoms with Gasteiger partial charge in [0.1, 0.15) is 36.3 Å². The van der Waals surface area contributed by atoms with Crippen LogP contribution < -0.4 is 37.2 Å². The average Bonchev–Trinajstić information content (AvgIpc) is 3.35. The molecule has 7 amide bonds. The largest absolute Gasteiger partial charge is 0.481 e. The first-order valence-electron chi connectivity index (χ1n) is 24.3. The summed E-state index contributed by atoms with van der Waals surface area (Å²) in [6.07, 6.45) is 1.75. The smallest absolute Gasteiger partial charge is 0.305 e. The Labute approximate surface area is 429 Å². The highest BCUT2D eigenvalue weighted by Gasteiger charge is 2.38. The van der Waals surface area contributed by atoms with Crippen molar-refractivity contribution >= 4 is 71.9 Å². The van der Waals surface area contributed by atoms with Crippen molar-refractivity contribution in [3.8, 4) is 0 Å². The van der Waals surface area contributed by atoms with Gasteiger partial charge in [-0.3, -0.25) is 47.9 Å². The Morgan fingerprint density at radius 2 is 1.03 bits per heavy atom. The third kappa shape index (κ3) is 20.0. The van der Waals surface area contributed by atoms with Crippen molar-refractivity contribution in [3.63, 3.8) is 0 Å². The first-order valence-corrected chi connectivity index (χ1v) is 25.0. The number of aryl methyl sites for hydroxylation is 1. The average molecular weight is 1030 g/mol. The van der Waals surface area contributed by atoms with Crippen molar-refractivity contribution < 1.29 is 63.3 Å². The van der Waals surface area contributed by atoms with E-state index in [9.17, 15) is 63.3 Å². The highest BCUT2D eigenvalue weighted by molar-refractivity contribution is 7.80. The SMILES string of the molecule is CC(=O)N[C@@H](CC(=O)O)C(=O)N[C@@H](CCC(=O)O)C(=O)N[C@H](C(=O)N[C@@H](CCC(=O)O)C(=O)N[C@@H](CC1CCCCC1)C(=O)N[C@@H](CS)C(=O)NCCc1ccc(C)cc1)C(c1ccccc1)c1ccccc1. The Morgan fingerprint density at radius 3 is 1.53 bits per heavy atom. The van der Waals surface area contributed by atoms with E-state index >= 15 is 0 Å².